The highest BCUT2D eigenvalue weighted by molar-refractivity contribution is 7.17. The number of rotatable bonds is 0. The molecule has 12 heavy (non-hydrogen) atoms. The lowest BCUT2D eigenvalue weighted by atomic mass is 10.2. The zero-order valence-corrected chi connectivity index (χ0v) is 7.22. The molecule has 0 unspecified atom stereocenters. The highest BCUT2D eigenvalue weighted by Gasteiger charge is 2.09. The third-order valence-electron chi connectivity index (χ3n) is 1.75. The second kappa shape index (κ2) is 2.35. The molecule has 1 aromatic heterocycles. The molecule has 2 aromatic rings. The first kappa shape index (κ1) is 7.36. The number of thiazole rings is 1. The van der Waals surface area contributed by atoms with Crippen LogP contribution in [0.25, 0.3) is 10.2 Å². The third-order valence-corrected chi connectivity index (χ3v) is 2.60. The Labute approximate surface area is 72.9 Å². The summed E-state index contributed by atoms with van der Waals surface area (Å²) in [4.78, 5) is 3.95. The summed E-state index contributed by atoms with van der Waals surface area (Å²) in [6.45, 7) is 1.73. The Kier molecular flexibility index (Phi) is 1.44. The van der Waals surface area contributed by atoms with Crippen molar-refractivity contribution in [2.24, 2.45) is 0 Å². The van der Waals surface area contributed by atoms with Crippen LogP contribution in [-0.4, -0.2) is 15.2 Å². The van der Waals surface area contributed by atoms with E-state index < -0.39 is 0 Å². The van der Waals surface area contributed by atoms with E-state index in [1.807, 2.05) is 0 Å². The van der Waals surface area contributed by atoms with Crippen LogP contribution < -0.4 is 0 Å². The average molecular weight is 181 g/mol. The van der Waals surface area contributed by atoms with Gasteiger partial charge < -0.3 is 10.2 Å². The lowest BCUT2D eigenvalue weighted by Crippen LogP contribution is -1.77. The summed E-state index contributed by atoms with van der Waals surface area (Å²) in [7, 11) is 0. The molecule has 4 heteroatoms. The normalized spacial score (nSPS) is 10.8. The van der Waals surface area contributed by atoms with E-state index in [1.54, 1.807) is 12.4 Å². The highest BCUT2D eigenvalue weighted by Crippen LogP contribution is 2.36. The van der Waals surface area contributed by atoms with Crippen molar-refractivity contribution >= 4 is 21.6 Å². The highest BCUT2D eigenvalue weighted by atomic mass is 32.1. The summed E-state index contributed by atoms with van der Waals surface area (Å²) in [5.41, 5.74) is 2.73. The van der Waals surface area contributed by atoms with Crippen molar-refractivity contribution in [3.63, 3.8) is 0 Å². The summed E-state index contributed by atoms with van der Waals surface area (Å²) in [5, 5.41) is 18.9. The number of aryl methyl sites for hydroxylation is 1. The van der Waals surface area contributed by atoms with E-state index in [0.717, 1.165) is 0 Å². The first-order chi connectivity index (χ1) is 5.70. The van der Waals surface area contributed by atoms with E-state index >= 15 is 0 Å². The molecule has 0 radical (unpaired) electrons. The van der Waals surface area contributed by atoms with Crippen molar-refractivity contribution in [1.29, 1.82) is 0 Å². The zero-order valence-electron chi connectivity index (χ0n) is 6.40. The molecule has 0 aliphatic carbocycles. The fourth-order valence-electron chi connectivity index (χ4n) is 1.12. The van der Waals surface area contributed by atoms with Crippen LogP contribution in [0.15, 0.2) is 11.6 Å². The first-order valence-electron chi connectivity index (χ1n) is 3.45. The Morgan fingerprint density at radius 3 is 2.92 bits per heavy atom. The van der Waals surface area contributed by atoms with Crippen LogP contribution in [0.1, 0.15) is 5.56 Å². The molecule has 3 nitrogen and oxygen atoms in total. The molecule has 0 spiro atoms. The minimum Gasteiger partial charge on any atom is -0.506 e. The van der Waals surface area contributed by atoms with E-state index in [4.69, 9.17) is 0 Å². The molecule has 0 aliphatic heterocycles. The van der Waals surface area contributed by atoms with E-state index in [0.29, 0.717) is 15.8 Å². The maximum atomic E-state index is 9.50. The molecule has 0 fully saturated rings. The van der Waals surface area contributed by atoms with Gasteiger partial charge in [0.05, 0.1) is 10.2 Å². The number of benzene rings is 1. The van der Waals surface area contributed by atoms with Gasteiger partial charge in [-0.05, 0) is 18.6 Å². The summed E-state index contributed by atoms with van der Waals surface area (Å²) >= 11 is 1.32. The standard InChI is InChI=1S/C8H7NO2S/c1-4-2-5(10)8-6(7(4)11)9-3-12-8/h2-3,10-11H,1H3. The number of phenols is 2. The van der Waals surface area contributed by atoms with Crippen molar-refractivity contribution in [2.45, 2.75) is 6.92 Å². The topological polar surface area (TPSA) is 53.4 Å². The van der Waals surface area contributed by atoms with Crippen LogP contribution in [0.5, 0.6) is 11.5 Å². The van der Waals surface area contributed by atoms with Gasteiger partial charge in [-0.1, -0.05) is 0 Å². The van der Waals surface area contributed by atoms with Gasteiger partial charge >= 0.3 is 0 Å². The van der Waals surface area contributed by atoms with Gasteiger partial charge in [0, 0.05) is 0 Å². The van der Waals surface area contributed by atoms with Gasteiger partial charge in [-0.2, -0.15) is 0 Å². The number of aromatic hydroxyl groups is 2. The fourth-order valence-corrected chi connectivity index (χ4v) is 1.83. The smallest absolute Gasteiger partial charge is 0.145 e. The Bertz CT molecular complexity index is 436. The molecule has 2 N–H and O–H groups in total. The summed E-state index contributed by atoms with van der Waals surface area (Å²) in [6.07, 6.45) is 0. The van der Waals surface area contributed by atoms with Gasteiger partial charge in [-0.25, -0.2) is 4.98 Å². The average Bonchev–Trinajstić information content (AvgIpc) is 2.48. The molecule has 1 heterocycles. The number of nitrogens with zero attached hydrogens (tertiary/aromatic N) is 1. The predicted molar refractivity (Wildman–Crippen MR) is 47.7 cm³/mol. The summed E-state index contributed by atoms with van der Waals surface area (Å²) in [5.74, 6) is 0.340. The minimum absolute atomic E-state index is 0.157. The number of fused-ring (bicyclic) bond motifs is 1. The van der Waals surface area contributed by atoms with Gasteiger partial charge in [0.2, 0.25) is 0 Å². The van der Waals surface area contributed by atoms with Crippen molar-refractivity contribution in [2.75, 3.05) is 0 Å². The number of phenolic OH excluding ortho intramolecular Hbond substituents is 2. The van der Waals surface area contributed by atoms with Crippen LogP contribution in [0.2, 0.25) is 0 Å². The maximum absolute atomic E-state index is 9.50. The van der Waals surface area contributed by atoms with Gasteiger partial charge in [-0.15, -0.1) is 11.3 Å². The van der Waals surface area contributed by atoms with E-state index in [-0.39, 0.29) is 11.5 Å². The van der Waals surface area contributed by atoms with Crippen LogP contribution in [0.4, 0.5) is 0 Å². The monoisotopic (exact) mass is 181 g/mol. The lowest BCUT2D eigenvalue weighted by Gasteiger charge is -2.00. The second-order valence-electron chi connectivity index (χ2n) is 2.59. The quantitative estimate of drug-likeness (QED) is 0.611. The van der Waals surface area contributed by atoms with Crippen molar-refractivity contribution in [3.05, 3.63) is 17.1 Å². The number of aromatic nitrogens is 1. The Balaban J connectivity index is 2.97. The van der Waals surface area contributed by atoms with Crippen molar-refractivity contribution in [1.82, 2.24) is 4.98 Å². The molecule has 0 bridgehead atoms. The van der Waals surface area contributed by atoms with Crippen LogP contribution in [-0.2, 0) is 0 Å². The van der Waals surface area contributed by atoms with E-state index in [2.05, 4.69) is 4.98 Å². The summed E-state index contributed by atoms with van der Waals surface area (Å²) < 4.78 is 0.637. The number of hydrogen-bond acceptors (Lipinski definition) is 4. The molecule has 0 saturated heterocycles. The number of hydrogen-bond donors (Lipinski definition) is 2. The Hall–Kier alpha value is -1.29. The lowest BCUT2D eigenvalue weighted by molar-refractivity contribution is 0.466. The molecular weight excluding hydrogens is 174 g/mol. The van der Waals surface area contributed by atoms with Gasteiger partial charge in [0.25, 0.3) is 0 Å². The van der Waals surface area contributed by atoms with Crippen molar-refractivity contribution in [3.8, 4) is 11.5 Å². The van der Waals surface area contributed by atoms with Crippen molar-refractivity contribution < 1.29 is 10.2 Å². The van der Waals surface area contributed by atoms with Gasteiger partial charge in [0.15, 0.2) is 0 Å². The molecule has 62 valence electrons. The van der Waals surface area contributed by atoms with Gasteiger partial charge in [-0.3, -0.25) is 0 Å². The Morgan fingerprint density at radius 1 is 1.42 bits per heavy atom. The molecule has 2 rings (SSSR count). The fraction of sp³-hybridized carbons (Fsp3) is 0.125. The molecule has 0 amide bonds. The Morgan fingerprint density at radius 2 is 2.17 bits per heavy atom. The minimum atomic E-state index is 0.157. The van der Waals surface area contributed by atoms with Crippen LogP contribution in [0.3, 0.4) is 0 Å². The molecule has 1 aromatic carbocycles. The molecular formula is C8H7NO2S. The van der Waals surface area contributed by atoms with Crippen LogP contribution in [0, 0.1) is 6.92 Å². The first-order valence-corrected chi connectivity index (χ1v) is 4.33. The predicted octanol–water partition coefficient (Wildman–Crippen LogP) is 2.02. The third kappa shape index (κ3) is 0.848. The van der Waals surface area contributed by atoms with Crippen LogP contribution >= 0.6 is 11.3 Å². The molecule has 0 atom stereocenters. The van der Waals surface area contributed by atoms with E-state index in [1.165, 1.54) is 17.4 Å². The molecule has 0 saturated carbocycles. The largest absolute Gasteiger partial charge is 0.506 e. The van der Waals surface area contributed by atoms with Gasteiger partial charge in [0.1, 0.15) is 17.0 Å². The second-order valence-corrected chi connectivity index (χ2v) is 3.45. The maximum Gasteiger partial charge on any atom is 0.145 e. The zero-order chi connectivity index (χ0) is 8.72. The molecule has 0 aliphatic rings. The van der Waals surface area contributed by atoms with E-state index in [9.17, 15) is 10.2 Å². The SMILES string of the molecule is Cc1cc(O)c2scnc2c1O. The summed E-state index contributed by atoms with van der Waals surface area (Å²) in [6, 6.07) is 1.54.